The molecule has 9 atom stereocenters. The maximum absolute atomic E-state index is 14.4. The molecule has 0 unspecified atom stereocenters. The fourth-order valence-corrected chi connectivity index (χ4v) is 15.5. The number of hydrogen-bond donors (Lipinski definition) is 1. The average Bonchev–Trinajstić information content (AvgIpc) is 3.68. The lowest BCUT2D eigenvalue weighted by molar-refractivity contribution is -0.466. The Morgan fingerprint density at radius 3 is 1.82 bits per heavy atom. The maximum atomic E-state index is 14.4. The molecule has 2 aliphatic heterocycles. The number of hydroxylamine groups is 2. The van der Waals surface area contributed by atoms with Gasteiger partial charge >= 0.3 is 11.9 Å². The fourth-order valence-electron chi connectivity index (χ4n) is 9.40. The van der Waals surface area contributed by atoms with Crippen LogP contribution in [-0.2, 0) is 28.3 Å². The van der Waals surface area contributed by atoms with E-state index in [0.29, 0.717) is 17.0 Å². The molecule has 0 bridgehead atoms. The minimum Gasteiger partial charge on any atom is -0.453 e. The summed E-state index contributed by atoms with van der Waals surface area (Å²) in [5.74, 6) is -0.786. The number of hydrogen-bond acceptors (Lipinski definition) is 10. The van der Waals surface area contributed by atoms with Gasteiger partial charge in [-0.05, 0) is 66.7 Å². The van der Waals surface area contributed by atoms with Crippen LogP contribution in [0.15, 0.2) is 121 Å². The molecule has 1 saturated carbocycles. The summed E-state index contributed by atoms with van der Waals surface area (Å²) < 4.78 is 27.0. The zero-order valence-electron chi connectivity index (χ0n) is 37.5. The Bertz CT molecular complexity index is 2070. The van der Waals surface area contributed by atoms with Crippen LogP contribution in [0.1, 0.15) is 85.6 Å². The molecule has 2 heterocycles. The van der Waals surface area contributed by atoms with Crippen LogP contribution in [0.4, 0.5) is 0 Å². The van der Waals surface area contributed by atoms with Crippen molar-refractivity contribution in [2.24, 2.45) is 5.92 Å². The Kier molecular flexibility index (Phi) is 14.4. The van der Waals surface area contributed by atoms with Crippen molar-refractivity contribution < 1.29 is 43.0 Å². The van der Waals surface area contributed by atoms with Crippen molar-refractivity contribution in [2.75, 3.05) is 6.61 Å². The van der Waals surface area contributed by atoms with Crippen LogP contribution in [0, 0.1) is 5.92 Å². The molecule has 332 valence electrons. The van der Waals surface area contributed by atoms with E-state index >= 15 is 0 Å². The summed E-state index contributed by atoms with van der Waals surface area (Å²) in [5.41, 5.74) is 1.36. The molecular weight excluding hydrogens is 815 g/mol. The van der Waals surface area contributed by atoms with Crippen molar-refractivity contribution in [1.82, 2.24) is 5.23 Å². The number of nitrogens with zero attached hydrogens (tertiary/aromatic N) is 1. The molecule has 3 aliphatic rings. The first kappa shape index (κ1) is 46.0. The largest absolute Gasteiger partial charge is 0.453 e. The van der Waals surface area contributed by atoms with Gasteiger partial charge in [-0.1, -0.05) is 161 Å². The Morgan fingerprint density at radius 1 is 0.742 bits per heavy atom. The van der Waals surface area contributed by atoms with E-state index in [0.717, 1.165) is 36.4 Å². The van der Waals surface area contributed by atoms with E-state index in [4.69, 9.17) is 28.3 Å². The summed E-state index contributed by atoms with van der Waals surface area (Å²) in [6.07, 6.45) is -2.22. The smallest absolute Gasteiger partial charge is 0.338 e. The molecule has 3 fully saturated rings. The summed E-state index contributed by atoms with van der Waals surface area (Å²) in [5, 5.41) is 14.9. The number of rotatable bonds is 15. The second-order valence-electron chi connectivity index (χ2n) is 19.1. The molecule has 62 heavy (non-hydrogen) atoms. The van der Waals surface area contributed by atoms with E-state index in [9.17, 15) is 14.7 Å². The van der Waals surface area contributed by atoms with E-state index < -0.39 is 70.6 Å². The lowest BCUT2D eigenvalue weighted by Gasteiger charge is -2.47. The minimum absolute atomic E-state index is 0.0397. The number of aliphatic hydroxyl groups excluding tert-OH is 1. The van der Waals surface area contributed by atoms with Gasteiger partial charge in [0.25, 0.3) is 0 Å². The number of fused-ring (bicyclic) bond motifs is 1. The zero-order chi connectivity index (χ0) is 44.2. The van der Waals surface area contributed by atoms with Crippen molar-refractivity contribution in [2.45, 2.75) is 139 Å². The van der Waals surface area contributed by atoms with E-state index in [1.807, 2.05) is 48.5 Å². The van der Waals surface area contributed by atoms with Gasteiger partial charge in [-0.2, -0.15) is 0 Å². The van der Waals surface area contributed by atoms with Crippen LogP contribution in [0.25, 0.3) is 0 Å². The van der Waals surface area contributed by atoms with Gasteiger partial charge in [-0.15, -0.1) is 0 Å². The molecule has 4 aromatic rings. The van der Waals surface area contributed by atoms with Gasteiger partial charge in [0.05, 0.1) is 31.9 Å². The highest BCUT2D eigenvalue weighted by Crippen LogP contribution is 2.50. The van der Waals surface area contributed by atoms with Crippen LogP contribution < -0.4 is 5.19 Å². The van der Waals surface area contributed by atoms with Gasteiger partial charge < -0.3 is 23.7 Å². The second-order valence-corrected chi connectivity index (χ2v) is 28.4. The van der Waals surface area contributed by atoms with E-state index in [1.54, 1.807) is 48.5 Å². The molecule has 0 amide bonds. The summed E-state index contributed by atoms with van der Waals surface area (Å²) in [7, 11) is -5.14. The Balaban J connectivity index is 1.33. The first-order valence-corrected chi connectivity index (χ1v) is 28.3. The highest BCUT2D eigenvalue weighted by molar-refractivity contribution is 6.91. The first-order valence-electron chi connectivity index (χ1n) is 22.3. The molecular formula is C50H65NO9Si2. The average molecular weight is 880 g/mol. The molecule has 0 aromatic heterocycles. The summed E-state index contributed by atoms with van der Waals surface area (Å²) in [6.45, 7) is 17.8. The molecule has 12 heteroatoms. The van der Waals surface area contributed by atoms with E-state index in [-0.39, 0.29) is 23.7 Å². The van der Waals surface area contributed by atoms with E-state index in [1.165, 1.54) is 5.23 Å². The first-order chi connectivity index (χ1) is 29.6. The minimum atomic E-state index is -2.76. The van der Waals surface area contributed by atoms with Gasteiger partial charge in [-0.25, -0.2) is 14.4 Å². The summed E-state index contributed by atoms with van der Waals surface area (Å²) >= 11 is 0. The fraction of sp³-hybridized carbons (Fsp3) is 0.480. The number of aliphatic hydroxyl groups is 1. The molecule has 0 spiro atoms. The Morgan fingerprint density at radius 2 is 1.26 bits per heavy atom. The summed E-state index contributed by atoms with van der Waals surface area (Å²) in [6, 6.07) is 37.3. The van der Waals surface area contributed by atoms with Gasteiger partial charge in [0, 0.05) is 11.5 Å². The third-order valence-electron chi connectivity index (χ3n) is 14.4. The van der Waals surface area contributed by atoms with Crippen molar-refractivity contribution in [3.63, 3.8) is 0 Å². The number of carbonyl (C=O) groups excluding carboxylic acids is 2. The number of ether oxygens (including phenoxy) is 3. The molecule has 1 N–H and O–H groups in total. The predicted octanol–water partition coefficient (Wildman–Crippen LogP) is 9.44. The highest BCUT2D eigenvalue weighted by atomic mass is 28.4. The topological polar surface area (TPSA) is 113 Å². The number of carbonyl (C=O) groups is 2. The van der Waals surface area contributed by atoms with Gasteiger partial charge in [-0.3, -0.25) is 4.84 Å². The molecule has 2 saturated heterocycles. The Labute approximate surface area is 369 Å². The van der Waals surface area contributed by atoms with Crippen molar-refractivity contribution in [3.05, 3.63) is 138 Å². The van der Waals surface area contributed by atoms with Gasteiger partial charge in [0.15, 0.2) is 20.5 Å². The predicted molar refractivity (Wildman–Crippen MR) is 245 cm³/mol. The second kappa shape index (κ2) is 19.4. The third kappa shape index (κ3) is 9.73. The normalized spacial score (nSPS) is 26.4. The third-order valence-corrected chi connectivity index (χ3v) is 23.1. The Hall–Kier alpha value is -3.99. The standard InChI is InChI=1S/C50H65NO9Si2/c1-34(2)50(3,4)62(7,8)55-33-40(52)43-46(61(5,6)38-29-19-12-20-30-38)42-44(57-47(53)36-25-15-10-16-26-36)45(58-48(54)37-27-17-11-18-28-37)49(60-51(42)59-43)56-41-32-22-21-31-39(41)35-23-13-9-14-24-35/h9-20,23-30,34,39-46,49,52H,21-22,31-33H2,1-8H3/t39-,40-,41+,42+,43+,44-,45+,46+,49-/m0/s1. The van der Waals surface area contributed by atoms with Gasteiger partial charge in [0.2, 0.25) is 6.29 Å². The zero-order valence-corrected chi connectivity index (χ0v) is 39.5. The van der Waals surface area contributed by atoms with Crippen LogP contribution in [0.3, 0.4) is 0 Å². The van der Waals surface area contributed by atoms with E-state index in [2.05, 4.69) is 78.1 Å². The lowest BCUT2D eigenvalue weighted by atomic mass is 9.81. The highest BCUT2D eigenvalue weighted by Gasteiger charge is 2.65. The quantitative estimate of drug-likeness (QED) is 0.0916. The molecule has 7 rings (SSSR count). The SMILES string of the molecule is CC(C)C(C)(C)[Si](C)(C)OC[C@H](O)[C@H]1ON2O[C@H](O[C@@H]3CCCC[C@H]3c3ccccc3)[C@H](OC(=O)c3ccccc3)[C@@H](OC(=O)c3ccccc3)[C@@H]2[C@H]1[Si](C)(C)c1ccccc1. The monoisotopic (exact) mass is 879 g/mol. The number of benzene rings is 4. The maximum Gasteiger partial charge on any atom is 0.338 e. The van der Waals surface area contributed by atoms with Crippen molar-refractivity contribution >= 4 is 33.5 Å². The van der Waals surface area contributed by atoms with Crippen molar-refractivity contribution in [1.29, 1.82) is 0 Å². The summed E-state index contributed by atoms with van der Waals surface area (Å²) in [4.78, 5) is 42.3. The van der Waals surface area contributed by atoms with Crippen LogP contribution in [-0.4, -0.2) is 88.1 Å². The lowest BCUT2D eigenvalue weighted by Crippen LogP contribution is -2.65. The molecule has 10 nitrogen and oxygen atoms in total. The molecule has 1 aliphatic carbocycles. The molecule has 4 aromatic carbocycles. The number of esters is 2. The van der Waals surface area contributed by atoms with Gasteiger partial charge in [0.1, 0.15) is 18.2 Å². The van der Waals surface area contributed by atoms with Crippen LogP contribution in [0.5, 0.6) is 0 Å². The van der Waals surface area contributed by atoms with Crippen LogP contribution >= 0.6 is 0 Å². The van der Waals surface area contributed by atoms with Crippen molar-refractivity contribution in [3.8, 4) is 0 Å². The molecule has 0 radical (unpaired) electrons. The van der Waals surface area contributed by atoms with Crippen LogP contribution in [0.2, 0.25) is 36.8 Å².